The predicted octanol–water partition coefficient (Wildman–Crippen LogP) is 2.87. The molecule has 1 rings (SSSR count). The van der Waals surface area contributed by atoms with Gasteiger partial charge in [-0.3, -0.25) is 0 Å². The molecule has 0 bridgehead atoms. The average molecular weight is 226 g/mol. The average Bonchev–Trinajstić information content (AvgIpc) is 2.28. The summed E-state index contributed by atoms with van der Waals surface area (Å²) in [6.07, 6.45) is 6.99. The quantitative estimate of drug-likeness (QED) is 0.781. The van der Waals surface area contributed by atoms with E-state index in [0.29, 0.717) is 0 Å². The summed E-state index contributed by atoms with van der Waals surface area (Å²) in [5.41, 5.74) is 6.08. The molecule has 16 heavy (non-hydrogen) atoms. The zero-order valence-corrected chi connectivity index (χ0v) is 11.6. The Bertz CT molecular complexity index is 201. The van der Waals surface area contributed by atoms with Gasteiger partial charge >= 0.3 is 0 Å². The number of rotatable bonds is 5. The lowest BCUT2D eigenvalue weighted by Gasteiger charge is -2.41. The summed E-state index contributed by atoms with van der Waals surface area (Å²) in [5.74, 6) is 0.910. The van der Waals surface area contributed by atoms with Gasteiger partial charge in [-0.15, -0.1) is 0 Å². The minimum absolute atomic E-state index is 0.254. The van der Waals surface area contributed by atoms with Gasteiger partial charge in [0.1, 0.15) is 0 Å². The maximum atomic E-state index is 5.82. The highest BCUT2D eigenvalue weighted by molar-refractivity contribution is 4.84. The van der Waals surface area contributed by atoms with Crippen molar-refractivity contribution in [1.29, 1.82) is 0 Å². The molecule has 2 nitrogen and oxygen atoms in total. The van der Waals surface area contributed by atoms with Crippen molar-refractivity contribution >= 4 is 0 Å². The molecule has 0 heterocycles. The summed E-state index contributed by atoms with van der Waals surface area (Å²) in [4.78, 5) is 2.57. The van der Waals surface area contributed by atoms with Crippen molar-refractivity contribution in [1.82, 2.24) is 4.90 Å². The van der Waals surface area contributed by atoms with E-state index >= 15 is 0 Å². The van der Waals surface area contributed by atoms with Gasteiger partial charge in [0.05, 0.1) is 0 Å². The van der Waals surface area contributed by atoms with Gasteiger partial charge in [-0.1, -0.05) is 40.0 Å². The SMILES string of the molecule is CCC1CCCCC1N(C)CC(C)(C)CN. The largest absolute Gasteiger partial charge is 0.330 e. The van der Waals surface area contributed by atoms with E-state index in [1.807, 2.05) is 0 Å². The van der Waals surface area contributed by atoms with Gasteiger partial charge < -0.3 is 10.6 Å². The number of nitrogens with two attached hydrogens (primary N) is 1. The van der Waals surface area contributed by atoms with E-state index in [9.17, 15) is 0 Å². The maximum absolute atomic E-state index is 5.82. The van der Waals surface area contributed by atoms with Gasteiger partial charge in [0.2, 0.25) is 0 Å². The Balaban J connectivity index is 2.53. The van der Waals surface area contributed by atoms with Crippen LogP contribution in [0.5, 0.6) is 0 Å². The second-order valence-corrected chi connectivity index (χ2v) is 6.30. The van der Waals surface area contributed by atoms with E-state index in [2.05, 4.69) is 32.7 Å². The van der Waals surface area contributed by atoms with Crippen LogP contribution in [0.1, 0.15) is 52.9 Å². The lowest BCUT2D eigenvalue weighted by Crippen LogP contribution is -2.46. The van der Waals surface area contributed by atoms with E-state index in [4.69, 9.17) is 5.73 Å². The van der Waals surface area contributed by atoms with Crippen molar-refractivity contribution in [3.63, 3.8) is 0 Å². The van der Waals surface area contributed by atoms with Crippen LogP contribution in [0.4, 0.5) is 0 Å². The van der Waals surface area contributed by atoms with Crippen LogP contribution in [0, 0.1) is 11.3 Å². The normalized spacial score (nSPS) is 27.4. The third-order valence-electron chi connectivity index (χ3n) is 4.19. The number of hydrogen-bond acceptors (Lipinski definition) is 2. The Morgan fingerprint density at radius 2 is 1.88 bits per heavy atom. The van der Waals surface area contributed by atoms with Crippen molar-refractivity contribution in [2.75, 3.05) is 20.1 Å². The molecule has 0 radical (unpaired) electrons. The van der Waals surface area contributed by atoms with Gasteiger partial charge in [0.25, 0.3) is 0 Å². The summed E-state index contributed by atoms with van der Waals surface area (Å²) in [5, 5.41) is 0. The van der Waals surface area contributed by atoms with Gasteiger partial charge in [-0.25, -0.2) is 0 Å². The lowest BCUT2D eigenvalue weighted by molar-refractivity contribution is 0.0910. The molecule has 0 aromatic heterocycles. The summed E-state index contributed by atoms with van der Waals surface area (Å²) < 4.78 is 0. The van der Waals surface area contributed by atoms with Gasteiger partial charge in [-0.2, -0.15) is 0 Å². The van der Waals surface area contributed by atoms with Crippen LogP contribution < -0.4 is 5.73 Å². The Labute approximate surface area is 102 Å². The molecule has 1 aliphatic rings. The van der Waals surface area contributed by atoms with Crippen LogP contribution in [0.2, 0.25) is 0 Å². The fourth-order valence-corrected chi connectivity index (χ4v) is 3.10. The minimum atomic E-state index is 0.254. The van der Waals surface area contributed by atoms with Gasteiger partial charge in [0, 0.05) is 12.6 Å². The minimum Gasteiger partial charge on any atom is -0.330 e. The van der Waals surface area contributed by atoms with Crippen LogP contribution >= 0.6 is 0 Å². The van der Waals surface area contributed by atoms with E-state index in [0.717, 1.165) is 25.0 Å². The van der Waals surface area contributed by atoms with Crippen molar-refractivity contribution in [2.24, 2.45) is 17.1 Å². The molecule has 96 valence electrons. The molecule has 2 N–H and O–H groups in total. The highest BCUT2D eigenvalue weighted by Gasteiger charge is 2.29. The second kappa shape index (κ2) is 6.02. The Morgan fingerprint density at radius 3 is 2.44 bits per heavy atom. The first-order chi connectivity index (χ1) is 7.50. The summed E-state index contributed by atoms with van der Waals surface area (Å²) in [7, 11) is 2.29. The fraction of sp³-hybridized carbons (Fsp3) is 1.00. The molecule has 1 saturated carbocycles. The van der Waals surface area contributed by atoms with Crippen LogP contribution in [0.3, 0.4) is 0 Å². The molecule has 2 atom stereocenters. The standard InChI is InChI=1S/C14H30N2/c1-5-12-8-6-7-9-13(12)16(4)11-14(2,3)10-15/h12-13H,5-11,15H2,1-4H3. The maximum Gasteiger partial charge on any atom is 0.0121 e. The summed E-state index contributed by atoms with van der Waals surface area (Å²) >= 11 is 0. The smallest absolute Gasteiger partial charge is 0.0121 e. The van der Waals surface area contributed by atoms with Crippen molar-refractivity contribution in [3.05, 3.63) is 0 Å². The Kier molecular flexibility index (Phi) is 5.26. The first-order valence-corrected chi connectivity index (χ1v) is 6.90. The van der Waals surface area contributed by atoms with E-state index < -0.39 is 0 Å². The molecule has 0 aliphatic heterocycles. The molecule has 2 heteroatoms. The van der Waals surface area contributed by atoms with Crippen molar-refractivity contribution in [2.45, 2.75) is 58.9 Å². The molecule has 0 aromatic rings. The van der Waals surface area contributed by atoms with Gasteiger partial charge in [-0.05, 0) is 37.8 Å². The molecular weight excluding hydrogens is 196 g/mol. The molecule has 1 fully saturated rings. The van der Waals surface area contributed by atoms with Crippen LogP contribution in [-0.2, 0) is 0 Å². The molecule has 1 aliphatic carbocycles. The summed E-state index contributed by atoms with van der Waals surface area (Å²) in [6, 6.07) is 0.796. The van der Waals surface area contributed by atoms with Crippen LogP contribution in [0.25, 0.3) is 0 Å². The monoisotopic (exact) mass is 226 g/mol. The lowest BCUT2D eigenvalue weighted by atomic mass is 9.81. The first kappa shape index (κ1) is 14.0. The highest BCUT2D eigenvalue weighted by atomic mass is 15.1. The van der Waals surface area contributed by atoms with E-state index in [-0.39, 0.29) is 5.41 Å². The fourth-order valence-electron chi connectivity index (χ4n) is 3.10. The topological polar surface area (TPSA) is 29.3 Å². The Morgan fingerprint density at radius 1 is 1.25 bits per heavy atom. The first-order valence-electron chi connectivity index (χ1n) is 6.90. The molecule has 0 spiro atoms. The zero-order valence-electron chi connectivity index (χ0n) is 11.6. The van der Waals surface area contributed by atoms with Gasteiger partial charge in [0.15, 0.2) is 0 Å². The number of hydrogen-bond donors (Lipinski definition) is 1. The molecule has 0 saturated heterocycles. The predicted molar refractivity (Wildman–Crippen MR) is 71.5 cm³/mol. The molecule has 0 aromatic carbocycles. The second-order valence-electron chi connectivity index (χ2n) is 6.30. The van der Waals surface area contributed by atoms with Crippen molar-refractivity contribution in [3.8, 4) is 0 Å². The van der Waals surface area contributed by atoms with Crippen molar-refractivity contribution < 1.29 is 0 Å². The zero-order chi connectivity index (χ0) is 12.2. The molecule has 2 unspecified atom stereocenters. The number of nitrogens with zero attached hydrogens (tertiary/aromatic N) is 1. The third-order valence-corrected chi connectivity index (χ3v) is 4.19. The van der Waals surface area contributed by atoms with Crippen LogP contribution in [0.15, 0.2) is 0 Å². The van der Waals surface area contributed by atoms with E-state index in [1.54, 1.807) is 0 Å². The highest BCUT2D eigenvalue weighted by Crippen LogP contribution is 2.31. The Hall–Kier alpha value is -0.0800. The van der Waals surface area contributed by atoms with E-state index in [1.165, 1.54) is 32.1 Å². The molecular formula is C14H30N2. The third kappa shape index (κ3) is 3.74. The summed E-state index contributed by atoms with van der Waals surface area (Å²) in [6.45, 7) is 8.79. The van der Waals surface area contributed by atoms with Crippen LogP contribution in [-0.4, -0.2) is 31.1 Å². The molecule has 0 amide bonds.